The fourth-order valence-electron chi connectivity index (χ4n) is 2.20. The zero-order chi connectivity index (χ0) is 13.8. The van der Waals surface area contributed by atoms with Gasteiger partial charge in [0.1, 0.15) is 12.7 Å². The van der Waals surface area contributed by atoms with Crippen LogP contribution in [0, 0.1) is 0 Å². The fourth-order valence-corrected chi connectivity index (χ4v) is 2.20. The Hall–Kier alpha value is -2.27. The Morgan fingerprint density at radius 2 is 2.15 bits per heavy atom. The molecule has 3 rings (SSSR count). The zero-order valence-electron chi connectivity index (χ0n) is 11.5. The first-order chi connectivity index (χ1) is 9.88. The number of hydrogen-bond acceptors (Lipinski definition) is 4. The van der Waals surface area contributed by atoms with Gasteiger partial charge in [-0.15, -0.1) is 0 Å². The minimum absolute atomic E-state index is 0.779. The van der Waals surface area contributed by atoms with Crippen LogP contribution in [0.5, 0.6) is 0 Å². The molecule has 0 bridgehead atoms. The molecule has 2 aromatic heterocycles. The van der Waals surface area contributed by atoms with Crippen LogP contribution >= 0.6 is 0 Å². The maximum absolute atomic E-state index is 4.72. The van der Waals surface area contributed by atoms with Gasteiger partial charge in [0.15, 0.2) is 5.82 Å². The molecule has 0 radical (unpaired) electrons. The number of para-hydroxylation sites is 1. The Kier molecular flexibility index (Phi) is 3.69. The molecule has 102 valence electrons. The van der Waals surface area contributed by atoms with Gasteiger partial charge in [-0.1, -0.05) is 25.1 Å². The van der Waals surface area contributed by atoms with Gasteiger partial charge in [0.2, 0.25) is 0 Å². The largest absolute Gasteiger partial charge is 0.313 e. The van der Waals surface area contributed by atoms with E-state index in [1.807, 2.05) is 18.2 Å². The molecule has 5 heteroatoms. The van der Waals surface area contributed by atoms with Crippen LogP contribution in [0.4, 0.5) is 0 Å². The quantitative estimate of drug-likeness (QED) is 0.721. The van der Waals surface area contributed by atoms with Gasteiger partial charge in [0, 0.05) is 17.5 Å². The minimum atomic E-state index is 0.779. The van der Waals surface area contributed by atoms with Gasteiger partial charge >= 0.3 is 0 Å². The van der Waals surface area contributed by atoms with Crippen LogP contribution in [0.25, 0.3) is 16.7 Å². The van der Waals surface area contributed by atoms with E-state index in [-0.39, 0.29) is 0 Å². The predicted molar refractivity (Wildman–Crippen MR) is 78.7 cm³/mol. The van der Waals surface area contributed by atoms with E-state index in [9.17, 15) is 0 Å². The molecule has 20 heavy (non-hydrogen) atoms. The summed E-state index contributed by atoms with van der Waals surface area (Å²) in [5, 5.41) is 8.76. The summed E-state index contributed by atoms with van der Waals surface area (Å²) in [4.78, 5) is 8.72. The van der Waals surface area contributed by atoms with Gasteiger partial charge in [-0.25, -0.2) is 14.6 Å². The summed E-state index contributed by atoms with van der Waals surface area (Å²) in [7, 11) is 0. The van der Waals surface area contributed by atoms with Gasteiger partial charge in [0.05, 0.1) is 5.52 Å². The van der Waals surface area contributed by atoms with Crippen molar-refractivity contribution in [1.82, 2.24) is 25.1 Å². The summed E-state index contributed by atoms with van der Waals surface area (Å²) in [5.41, 5.74) is 2.10. The summed E-state index contributed by atoms with van der Waals surface area (Å²) in [5.74, 6) is 0.838. The Balaban J connectivity index is 2.06. The third-order valence-electron chi connectivity index (χ3n) is 3.16. The Morgan fingerprint density at radius 3 is 2.95 bits per heavy atom. The molecule has 0 saturated carbocycles. The van der Waals surface area contributed by atoms with Crippen LogP contribution in [0.15, 0.2) is 43.0 Å². The number of rotatable bonds is 5. The van der Waals surface area contributed by atoms with Crippen molar-refractivity contribution in [2.75, 3.05) is 6.54 Å². The van der Waals surface area contributed by atoms with Crippen molar-refractivity contribution < 1.29 is 0 Å². The topological polar surface area (TPSA) is 55.6 Å². The molecule has 5 nitrogen and oxygen atoms in total. The van der Waals surface area contributed by atoms with Gasteiger partial charge in [0.25, 0.3) is 0 Å². The number of hydrogen-bond donors (Lipinski definition) is 1. The molecular formula is C15H17N5. The lowest BCUT2D eigenvalue weighted by Gasteiger charge is -2.11. The molecule has 0 fully saturated rings. The van der Waals surface area contributed by atoms with Crippen LogP contribution in [0.3, 0.4) is 0 Å². The van der Waals surface area contributed by atoms with E-state index in [0.717, 1.165) is 41.8 Å². The summed E-state index contributed by atoms with van der Waals surface area (Å²) >= 11 is 0. The molecule has 0 aliphatic carbocycles. The number of benzene rings is 1. The van der Waals surface area contributed by atoms with Crippen molar-refractivity contribution in [2.24, 2.45) is 0 Å². The van der Waals surface area contributed by atoms with Gasteiger partial charge in [-0.05, 0) is 25.1 Å². The molecule has 0 aliphatic rings. The number of pyridine rings is 1. The SMILES string of the molecule is CCCNCc1cc2ccccc2nc1-n1cncn1. The Labute approximate surface area is 117 Å². The summed E-state index contributed by atoms with van der Waals surface area (Å²) < 4.78 is 1.72. The number of aromatic nitrogens is 4. The third-order valence-corrected chi connectivity index (χ3v) is 3.16. The highest BCUT2D eigenvalue weighted by molar-refractivity contribution is 5.80. The lowest BCUT2D eigenvalue weighted by atomic mass is 10.1. The zero-order valence-corrected chi connectivity index (χ0v) is 11.5. The summed E-state index contributed by atoms with van der Waals surface area (Å²) in [6.07, 6.45) is 4.32. The average molecular weight is 267 g/mol. The fraction of sp³-hybridized carbons (Fsp3) is 0.267. The summed E-state index contributed by atoms with van der Waals surface area (Å²) in [6.45, 7) is 3.93. The second-order valence-corrected chi connectivity index (χ2v) is 4.68. The van der Waals surface area contributed by atoms with Crippen LogP contribution < -0.4 is 5.32 Å². The highest BCUT2D eigenvalue weighted by Gasteiger charge is 2.09. The standard InChI is InChI=1S/C15H17N5/c1-2-7-16-9-13-8-12-5-3-4-6-14(12)19-15(13)20-11-17-10-18-20/h3-6,8,10-11,16H,2,7,9H2,1H3. The molecule has 3 aromatic rings. The number of nitrogens with zero attached hydrogens (tertiary/aromatic N) is 4. The Morgan fingerprint density at radius 1 is 1.25 bits per heavy atom. The highest BCUT2D eigenvalue weighted by atomic mass is 15.3. The van der Waals surface area contributed by atoms with Gasteiger partial charge < -0.3 is 5.32 Å². The van der Waals surface area contributed by atoms with Crippen molar-refractivity contribution in [3.05, 3.63) is 48.5 Å². The maximum Gasteiger partial charge on any atom is 0.160 e. The van der Waals surface area contributed by atoms with E-state index in [1.54, 1.807) is 11.0 Å². The van der Waals surface area contributed by atoms with Crippen LogP contribution in [-0.2, 0) is 6.54 Å². The molecule has 0 aliphatic heterocycles. The maximum atomic E-state index is 4.72. The third kappa shape index (κ3) is 2.53. The minimum Gasteiger partial charge on any atom is -0.313 e. The molecule has 1 N–H and O–H groups in total. The number of fused-ring (bicyclic) bond motifs is 1. The summed E-state index contributed by atoms with van der Waals surface area (Å²) in [6, 6.07) is 10.3. The second kappa shape index (κ2) is 5.79. The van der Waals surface area contributed by atoms with Gasteiger partial charge in [-0.2, -0.15) is 5.10 Å². The number of nitrogens with one attached hydrogen (secondary N) is 1. The Bertz CT molecular complexity index is 691. The molecule has 2 heterocycles. The highest BCUT2D eigenvalue weighted by Crippen LogP contribution is 2.19. The molecular weight excluding hydrogens is 250 g/mol. The van der Waals surface area contributed by atoms with Crippen molar-refractivity contribution in [1.29, 1.82) is 0 Å². The van der Waals surface area contributed by atoms with E-state index in [4.69, 9.17) is 4.98 Å². The van der Waals surface area contributed by atoms with E-state index in [2.05, 4.69) is 34.5 Å². The van der Waals surface area contributed by atoms with E-state index in [1.165, 1.54) is 6.33 Å². The second-order valence-electron chi connectivity index (χ2n) is 4.68. The molecule has 0 atom stereocenters. The van der Waals surface area contributed by atoms with Crippen LogP contribution in [0.2, 0.25) is 0 Å². The molecule has 0 amide bonds. The smallest absolute Gasteiger partial charge is 0.160 e. The average Bonchev–Trinajstić information content (AvgIpc) is 3.01. The first-order valence-corrected chi connectivity index (χ1v) is 6.83. The van der Waals surface area contributed by atoms with Gasteiger partial charge in [-0.3, -0.25) is 0 Å². The first kappa shape index (κ1) is 12.7. The molecule has 0 saturated heterocycles. The van der Waals surface area contributed by atoms with Crippen molar-refractivity contribution in [2.45, 2.75) is 19.9 Å². The van der Waals surface area contributed by atoms with Crippen molar-refractivity contribution in [3.8, 4) is 5.82 Å². The lowest BCUT2D eigenvalue weighted by Crippen LogP contribution is -2.16. The molecule has 0 unspecified atom stereocenters. The van der Waals surface area contributed by atoms with Crippen molar-refractivity contribution in [3.63, 3.8) is 0 Å². The first-order valence-electron chi connectivity index (χ1n) is 6.83. The molecule has 1 aromatic carbocycles. The lowest BCUT2D eigenvalue weighted by molar-refractivity contribution is 0.667. The van der Waals surface area contributed by atoms with E-state index >= 15 is 0 Å². The van der Waals surface area contributed by atoms with Crippen molar-refractivity contribution >= 4 is 10.9 Å². The normalized spacial score (nSPS) is 11.1. The molecule has 0 spiro atoms. The predicted octanol–water partition coefficient (Wildman–Crippen LogP) is 2.32. The van der Waals surface area contributed by atoms with E-state index < -0.39 is 0 Å². The van der Waals surface area contributed by atoms with Crippen LogP contribution in [0.1, 0.15) is 18.9 Å². The van der Waals surface area contributed by atoms with E-state index in [0.29, 0.717) is 0 Å². The van der Waals surface area contributed by atoms with Crippen LogP contribution in [-0.4, -0.2) is 26.3 Å². The monoisotopic (exact) mass is 267 g/mol.